The number of hydrogen-bond acceptors (Lipinski definition) is 5. The quantitative estimate of drug-likeness (QED) is 0.645. The van der Waals surface area contributed by atoms with Crippen LogP contribution in [0.5, 0.6) is 0 Å². The van der Waals surface area contributed by atoms with Crippen LogP contribution < -0.4 is 14.0 Å². The highest BCUT2D eigenvalue weighted by Crippen LogP contribution is 2.07. The summed E-state index contributed by atoms with van der Waals surface area (Å²) in [5.74, 6) is 0. The second kappa shape index (κ2) is 11.3. The van der Waals surface area contributed by atoms with E-state index in [9.17, 15) is 0 Å². The molecule has 0 aromatic rings. The van der Waals surface area contributed by atoms with Gasteiger partial charge in [-0.05, 0) is 18.7 Å². The highest BCUT2D eigenvalue weighted by molar-refractivity contribution is 5.08. The Labute approximate surface area is 117 Å². The molecule has 0 saturated carbocycles. The molecule has 0 radical (unpaired) electrons. The van der Waals surface area contributed by atoms with Crippen LogP contribution in [0.1, 0.15) is 45.4 Å². The molecule has 0 bridgehead atoms. The third-order valence-electron chi connectivity index (χ3n) is 2.68. The van der Waals surface area contributed by atoms with Crippen LogP contribution in [0, 0.1) is 10.2 Å². The Morgan fingerprint density at radius 1 is 1.05 bits per heavy atom. The smallest absolute Gasteiger partial charge is 0.0777 e. The zero-order valence-electron chi connectivity index (χ0n) is 11.5. The van der Waals surface area contributed by atoms with Crippen LogP contribution >= 0.6 is 0 Å². The highest BCUT2D eigenvalue weighted by atomic mass is 35.7. The summed E-state index contributed by atoms with van der Waals surface area (Å²) in [7, 11) is -4.69. The lowest BCUT2D eigenvalue weighted by Gasteiger charge is -2.20. The summed E-state index contributed by atoms with van der Waals surface area (Å²) < 4.78 is 32.7. The maximum Gasteiger partial charge on any atom is 0.0777 e. The molecule has 1 heterocycles. The van der Waals surface area contributed by atoms with Crippen molar-refractivity contribution in [1.29, 1.82) is 0 Å². The average Bonchev–Trinajstić information content (AvgIpc) is 2.33. The second-order valence-corrected chi connectivity index (χ2v) is 5.22. The summed E-state index contributed by atoms with van der Waals surface area (Å²) in [5.41, 5.74) is 0. The molecule has 19 heavy (non-hydrogen) atoms. The molecule has 5 nitrogen and oxygen atoms in total. The minimum absolute atomic E-state index is 1.10. The molecule has 0 saturated heterocycles. The van der Waals surface area contributed by atoms with E-state index in [1.807, 2.05) is 0 Å². The minimum Gasteiger partial charge on any atom is -0.374 e. The summed E-state index contributed by atoms with van der Waals surface area (Å²) in [4.78, 5) is 2.39. The summed E-state index contributed by atoms with van der Waals surface area (Å²) in [6.07, 6.45) is 17.0. The van der Waals surface area contributed by atoms with E-state index in [1.54, 1.807) is 0 Å². The number of allylic oxidation sites excluding steroid dienone is 2. The third kappa shape index (κ3) is 17.4. The Morgan fingerprint density at radius 3 is 2.16 bits per heavy atom. The molecule has 0 spiro atoms. The molecular weight excluding hydrogens is 270 g/mol. The highest BCUT2D eigenvalue weighted by Gasteiger charge is 1.99. The largest absolute Gasteiger partial charge is 0.374 e. The molecule has 0 fully saturated rings. The fourth-order valence-corrected chi connectivity index (χ4v) is 1.77. The van der Waals surface area contributed by atoms with Gasteiger partial charge in [0.2, 0.25) is 0 Å². The van der Waals surface area contributed by atoms with E-state index in [0.717, 1.165) is 6.54 Å². The lowest BCUT2D eigenvalue weighted by molar-refractivity contribution is -1.92. The molecule has 112 valence electrons. The summed E-state index contributed by atoms with van der Waals surface area (Å²) in [6, 6.07) is 0. The Hall–Kier alpha value is -0.590. The van der Waals surface area contributed by atoms with E-state index in [2.05, 4.69) is 36.3 Å². The van der Waals surface area contributed by atoms with Crippen molar-refractivity contribution in [2.24, 2.45) is 0 Å². The van der Waals surface area contributed by atoms with E-state index < -0.39 is 10.2 Å². The molecular formula is C13H24ClNO4. The summed E-state index contributed by atoms with van der Waals surface area (Å²) in [6.45, 7) is 4.60. The van der Waals surface area contributed by atoms with Crippen molar-refractivity contribution in [3.63, 3.8) is 0 Å². The molecule has 0 unspecified atom stereocenters. The van der Waals surface area contributed by atoms with Crippen molar-refractivity contribution < 1.29 is 28.9 Å². The maximum absolute atomic E-state index is 8.60. The topological polar surface area (TPSA) is 92.7 Å². The van der Waals surface area contributed by atoms with Crippen molar-refractivity contribution in [1.82, 2.24) is 4.90 Å². The van der Waals surface area contributed by atoms with E-state index >= 15 is 0 Å². The number of halogens is 1. The predicted molar refractivity (Wildman–Crippen MR) is 65.4 cm³/mol. The first kappa shape index (κ1) is 18.4. The van der Waals surface area contributed by atoms with Gasteiger partial charge in [-0.15, -0.1) is 0 Å². The standard InChI is InChI=1S/C13H23N.ClHO4/c1-2-3-4-5-6-8-11-14-12-9-7-10-13-14;2-1(3,4)5/h7,9-10,12H,2-6,8,11,13H2,1H3;(H,2,3,4,5). The number of hydrogen-bond donors (Lipinski definition) is 1. The molecule has 1 aliphatic rings. The summed E-state index contributed by atoms with van der Waals surface area (Å²) in [5, 5.41) is 0. The van der Waals surface area contributed by atoms with Gasteiger partial charge >= 0.3 is 0 Å². The molecule has 0 aromatic carbocycles. The minimum atomic E-state index is -4.69. The van der Waals surface area contributed by atoms with Crippen molar-refractivity contribution in [2.45, 2.75) is 45.4 Å². The molecule has 0 atom stereocenters. The van der Waals surface area contributed by atoms with Gasteiger partial charge in [0.05, 0.1) is 14.9 Å². The Bertz CT molecular complexity index is 258. The Balaban J connectivity index is 0.000000555. The number of rotatable bonds is 7. The van der Waals surface area contributed by atoms with Crippen LogP contribution in [0.4, 0.5) is 0 Å². The van der Waals surface area contributed by atoms with E-state index in [4.69, 9.17) is 18.6 Å². The second-order valence-electron chi connectivity index (χ2n) is 4.43. The fourth-order valence-electron chi connectivity index (χ4n) is 1.77. The van der Waals surface area contributed by atoms with Crippen LogP contribution in [-0.4, -0.2) is 22.6 Å². The summed E-state index contributed by atoms with van der Waals surface area (Å²) >= 11 is 0. The van der Waals surface area contributed by atoms with Gasteiger partial charge in [-0.25, -0.2) is 0 Å². The first-order valence-electron chi connectivity index (χ1n) is 6.64. The van der Waals surface area contributed by atoms with Crippen LogP contribution in [-0.2, 0) is 0 Å². The van der Waals surface area contributed by atoms with E-state index in [0.29, 0.717) is 0 Å². The lowest BCUT2D eigenvalue weighted by Crippen LogP contribution is -2.58. The van der Waals surface area contributed by atoms with Gasteiger partial charge in [-0.2, -0.15) is 14.0 Å². The molecule has 0 aromatic heterocycles. The zero-order chi connectivity index (χ0) is 14.6. The third-order valence-corrected chi connectivity index (χ3v) is 2.68. The molecule has 1 rings (SSSR count). The van der Waals surface area contributed by atoms with Crippen LogP contribution in [0.2, 0.25) is 0 Å². The van der Waals surface area contributed by atoms with Crippen LogP contribution in [0.3, 0.4) is 0 Å². The van der Waals surface area contributed by atoms with Crippen molar-refractivity contribution in [3.05, 3.63) is 24.4 Å². The zero-order valence-corrected chi connectivity index (χ0v) is 12.2. The van der Waals surface area contributed by atoms with Crippen LogP contribution in [0.25, 0.3) is 0 Å². The van der Waals surface area contributed by atoms with Gasteiger partial charge in [0.15, 0.2) is 0 Å². The average molecular weight is 294 g/mol. The van der Waals surface area contributed by atoms with Gasteiger partial charge in [-0.1, -0.05) is 51.2 Å². The Morgan fingerprint density at radius 2 is 1.63 bits per heavy atom. The number of nitrogens with zero attached hydrogens (tertiary/aromatic N) is 1. The van der Waals surface area contributed by atoms with Crippen LogP contribution in [0.15, 0.2) is 24.4 Å². The van der Waals surface area contributed by atoms with Gasteiger partial charge in [0.1, 0.15) is 0 Å². The molecule has 1 N–H and O–H groups in total. The predicted octanol–water partition coefficient (Wildman–Crippen LogP) is -0.392. The van der Waals surface area contributed by atoms with Gasteiger partial charge in [0, 0.05) is 13.1 Å². The maximum atomic E-state index is 8.60. The monoisotopic (exact) mass is 293 g/mol. The van der Waals surface area contributed by atoms with Crippen molar-refractivity contribution >= 4 is 0 Å². The van der Waals surface area contributed by atoms with Crippen molar-refractivity contribution in [3.8, 4) is 0 Å². The Kier molecular flexibility index (Phi) is 10.9. The number of unbranched alkanes of at least 4 members (excludes halogenated alkanes) is 5. The molecule has 1 aliphatic heterocycles. The fraction of sp³-hybridized carbons (Fsp3) is 0.692. The first-order chi connectivity index (χ1) is 8.93. The van der Waals surface area contributed by atoms with E-state index in [1.165, 1.54) is 45.1 Å². The van der Waals surface area contributed by atoms with Crippen molar-refractivity contribution in [2.75, 3.05) is 13.1 Å². The SMILES string of the molecule is CCCCCCCCN1C=CC=CC1.[O-][Cl+3]([O-])([O-])O. The normalized spacial score (nSPS) is 14.3. The lowest BCUT2D eigenvalue weighted by atomic mass is 10.1. The molecule has 6 heteroatoms. The molecule has 0 amide bonds. The van der Waals surface area contributed by atoms with Gasteiger partial charge in [0.25, 0.3) is 0 Å². The van der Waals surface area contributed by atoms with Gasteiger partial charge in [-0.3, -0.25) is 0 Å². The van der Waals surface area contributed by atoms with E-state index in [-0.39, 0.29) is 0 Å². The first-order valence-corrected chi connectivity index (χ1v) is 7.90. The molecule has 0 aliphatic carbocycles. The van der Waals surface area contributed by atoms with Gasteiger partial charge < -0.3 is 4.90 Å².